The van der Waals surface area contributed by atoms with E-state index in [0.29, 0.717) is 6.61 Å². The number of piperidine rings is 1. The fourth-order valence-electron chi connectivity index (χ4n) is 4.82. The van der Waals surface area contributed by atoms with Crippen LogP contribution in [0.25, 0.3) is 16.7 Å². The van der Waals surface area contributed by atoms with Crippen molar-refractivity contribution in [2.24, 2.45) is 0 Å². The van der Waals surface area contributed by atoms with E-state index in [9.17, 15) is 4.39 Å². The zero-order valence-electron chi connectivity index (χ0n) is 18.1. The molecule has 3 heterocycles. The highest BCUT2D eigenvalue weighted by molar-refractivity contribution is 5.88. The summed E-state index contributed by atoms with van der Waals surface area (Å²) in [5.74, 6) is 1.44. The maximum absolute atomic E-state index is 13.7. The first-order chi connectivity index (χ1) is 15.1. The van der Waals surface area contributed by atoms with Crippen LogP contribution in [0.4, 0.5) is 4.39 Å². The van der Waals surface area contributed by atoms with Gasteiger partial charge in [-0.3, -0.25) is 4.90 Å². The molecule has 2 aliphatic heterocycles. The topological polar surface area (TPSA) is 38.5 Å². The van der Waals surface area contributed by atoms with Crippen molar-refractivity contribution in [1.29, 1.82) is 0 Å². The second-order valence-electron chi connectivity index (χ2n) is 8.52. The summed E-state index contributed by atoms with van der Waals surface area (Å²) < 4.78 is 25.3. The van der Waals surface area contributed by atoms with E-state index in [2.05, 4.69) is 22.2 Å². The smallest absolute Gasteiger partial charge is 0.141 e. The number of nitrogens with zero attached hydrogens (tertiary/aromatic N) is 2. The summed E-state index contributed by atoms with van der Waals surface area (Å²) in [4.78, 5) is 2.51. The van der Waals surface area contributed by atoms with Crippen LogP contribution in [-0.2, 0) is 0 Å². The predicted molar refractivity (Wildman–Crippen MR) is 120 cm³/mol. The highest BCUT2D eigenvalue weighted by Gasteiger charge is 2.25. The van der Waals surface area contributed by atoms with Crippen LogP contribution in [-0.4, -0.2) is 36.3 Å². The molecule has 31 heavy (non-hydrogen) atoms. The zero-order valence-corrected chi connectivity index (χ0v) is 18.1. The molecule has 0 saturated carbocycles. The maximum Gasteiger partial charge on any atom is 0.141 e. The zero-order chi connectivity index (χ0) is 21.4. The van der Waals surface area contributed by atoms with E-state index in [-0.39, 0.29) is 5.82 Å². The average molecular weight is 419 g/mol. The van der Waals surface area contributed by atoms with Gasteiger partial charge in [0.15, 0.2) is 0 Å². The molecule has 1 aromatic heterocycles. The molecule has 5 rings (SSSR count). The Kier molecular flexibility index (Phi) is 5.36. The Balaban J connectivity index is 1.64. The third kappa shape index (κ3) is 3.90. The van der Waals surface area contributed by atoms with Gasteiger partial charge in [-0.05, 0) is 86.3 Å². The van der Waals surface area contributed by atoms with E-state index >= 15 is 0 Å². The van der Waals surface area contributed by atoms with Crippen molar-refractivity contribution in [2.75, 3.05) is 26.2 Å². The molecule has 3 aromatic rings. The average Bonchev–Trinajstić information content (AvgIpc) is 3.13. The Morgan fingerprint density at radius 3 is 2.42 bits per heavy atom. The van der Waals surface area contributed by atoms with Crippen molar-refractivity contribution in [3.63, 3.8) is 0 Å². The van der Waals surface area contributed by atoms with Gasteiger partial charge in [-0.25, -0.2) is 4.39 Å². The molecule has 0 bridgehead atoms. The Labute approximate surface area is 182 Å². The van der Waals surface area contributed by atoms with Gasteiger partial charge in [0.1, 0.15) is 23.9 Å². The van der Waals surface area contributed by atoms with Crippen molar-refractivity contribution in [3.8, 4) is 16.9 Å². The van der Waals surface area contributed by atoms with Gasteiger partial charge in [0, 0.05) is 17.7 Å². The van der Waals surface area contributed by atoms with Gasteiger partial charge in [-0.1, -0.05) is 29.8 Å². The van der Waals surface area contributed by atoms with Crippen LogP contribution in [0.15, 0.2) is 52.6 Å². The van der Waals surface area contributed by atoms with Gasteiger partial charge < -0.3 is 9.26 Å². The lowest BCUT2D eigenvalue weighted by Crippen LogP contribution is -2.33. The molecule has 2 aromatic carbocycles. The number of likely N-dealkylation sites (tertiary alicyclic amines) is 1. The van der Waals surface area contributed by atoms with Crippen molar-refractivity contribution in [1.82, 2.24) is 10.1 Å². The second kappa shape index (κ2) is 8.31. The van der Waals surface area contributed by atoms with Gasteiger partial charge in [-0.2, -0.15) is 0 Å². The molecule has 0 aliphatic carbocycles. The Bertz CT molecular complexity index is 1110. The van der Waals surface area contributed by atoms with Gasteiger partial charge >= 0.3 is 0 Å². The van der Waals surface area contributed by atoms with Crippen LogP contribution in [0.3, 0.4) is 0 Å². The summed E-state index contributed by atoms with van der Waals surface area (Å²) in [6, 6.07) is 13.1. The van der Waals surface area contributed by atoms with Crippen molar-refractivity contribution in [3.05, 3.63) is 76.4 Å². The predicted octanol–water partition coefficient (Wildman–Crippen LogP) is 5.78. The number of aromatic nitrogens is 1. The third-order valence-corrected chi connectivity index (χ3v) is 6.32. The number of rotatable bonds is 4. The first-order valence-corrected chi connectivity index (χ1v) is 11.0. The van der Waals surface area contributed by atoms with E-state index in [0.717, 1.165) is 64.7 Å². The van der Waals surface area contributed by atoms with Gasteiger partial charge in [0.25, 0.3) is 0 Å². The Morgan fingerprint density at radius 2 is 1.71 bits per heavy atom. The molecule has 0 amide bonds. The van der Waals surface area contributed by atoms with E-state index in [1.54, 1.807) is 0 Å². The highest BCUT2D eigenvalue weighted by Crippen LogP contribution is 2.41. The van der Waals surface area contributed by atoms with Crippen molar-refractivity contribution < 1.29 is 13.7 Å². The van der Waals surface area contributed by atoms with Gasteiger partial charge in [0.2, 0.25) is 0 Å². The van der Waals surface area contributed by atoms with Crippen LogP contribution in [0.1, 0.15) is 41.8 Å². The lowest BCUT2D eigenvalue weighted by atomic mass is 9.88. The lowest BCUT2D eigenvalue weighted by Gasteiger charge is -2.31. The molecule has 160 valence electrons. The van der Waals surface area contributed by atoms with Crippen LogP contribution in [0.5, 0.6) is 5.75 Å². The first kappa shape index (κ1) is 20.0. The highest BCUT2D eigenvalue weighted by atomic mass is 19.1. The summed E-state index contributed by atoms with van der Waals surface area (Å²) in [5, 5.41) is 4.12. The van der Waals surface area contributed by atoms with Crippen molar-refractivity contribution in [2.45, 2.75) is 33.1 Å². The van der Waals surface area contributed by atoms with Crippen LogP contribution >= 0.6 is 0 Å². The number of aryl methyl sites for hydroxylation is 2. The lowest BCUT2D eigenvalue weighted by molar-refractivity contribution is 0.234. The number of hydrogen-bond donors (Lipinski definition) is 0. The molecule has 0 N–H and O–H groups in total. The Morgan fingerprint density at radius 1 is 0.968 bits per heavy atom. The minimum absolute atomic E-state index is 0.223. The third-order valence-electron chi connectivity index (χ3n) is 6.32. The van der Waals surface area contributed by atoms with Crippen LogP contribution in [0.2, 0.25) is 0 Å². The molecule has 1 fully saturated rings. The molecule has 0 spiro atoms. The van der Waals surface area contributed by atoms with Crippen LogP contribution in [0, 0.1) is 19.7 Å². The number of benzene rings is 2. The molecular weight excluding hydrogens is 391 g/mol. The SMILES string of the molecule is Cc1noc(C)c1-c1ccc2c(c1)C(c1ccc(F)cc1)=C(CN1CCCCC1)CO2. The molecule has 4 nitrogen and oxygen atoms in total. The van der Waals surface area contributed by atoms with E-state index in [1.165, 1.54) is 37.0 Å². The largest absolute Gasteiger partial charge is 0.489 e. The monoisotopic (exact) mass is 418 g/mol. The number of ether oxygens (including phenoxy) is 1. The van der Waals surface area contributed by atoms with Crippen molar-refractivity contribution >= 4 is 5.57 Å². The standard InChI is InChI=1S/C26H27FN2O2/c1-17-25(18(2)31-28-17)20-8-11-24-23(14-20)26(19-6-9-22(27)10-7-19)21(16-30-24)15-29-12-4-3-5-13-29/h6-11,14H,3-5,12-13,15-16H2,1-2H3. The molecule has 0 atom stereocenters. The van der Waals surface area contributed by atoms with E-state index < -0.39 is 0 Å². The summed E-state index contributed by atoms with van der Waals surface area (Å²) in [6.07, 6.45) is 3.79. The fraction of sp³-hybridized carbons (Fsp3) is 0.346. The fourth-order valence-corrected chi connectivity index (χ4v) is 4.82. The molecule has 5 heteroatoms. The van der Waals surface area contributed by atoms with E-state index in [4.69, 9.17) is 9.26 Å². The summed E-state index contributed by atoms with van der Waals surface area (Å²) >= 11 is 0. The minimum Gasteiger partial charge on any atom is -0.489 e. The van der Waals surface area contributed by atoms with E-state index in [1.807, 2.05) is 32.0 Å². The molecule has 2 aliphatic rings. The quantitative estimate of drug-likeness (QED) is 0.539. The van der Waals surface area contributed by atoms with Gasteiger partial charge in [0.05, 0.1) is 5.69 Å². The molecule has 0 radical (unpaired) electrons. The summed E-state index contributed by atoms with van der Waals surface area (Å²) in [6.45, 7) is 7.56. The van der Waals surface area contributed by atoms with Gasteiger partial charge in [-0.15, -0.1) is 0 Å². The number of halogens is 1. The first-order valence-electron chi connectivity index (χ1n) is 11.0. The number of hydrogen-bond acceptors (Lipinski definition) is 4. The summed E-state index contributed by atoms with van der Waals surface area (Å²) in [7, 11) is 0. The Hall–Kier alpha value is -2.92. The molecule has 1 saturated heterocycles. The second-order valence-corrected chi connectivity index (χ2v) is 8.52. The normalized spacial score (nSPS) is 16.9. The molecule has 0 unspecified atom stereocenters. The van der Waals surface area contributed by atoms with Crippen LogP contribution < -0.4 is 4.74 Å². The minimum atomic E-state index is -0.223. The molecular formula is C26H27FN2O2. The maximum atomic E-state index is 13.7. The number of fused-ring (bicyclic) bond motifs is 1. The summed E-state index contributed by atoms with van der Waals surface area (Å²) in [5.41, 5.74) is 7.41.